The fourth-order valence-corrected chi connectivity index (χ4v) is 5.46. The van der Waals surface area contributed by atoms with Gasteiger partial charge in [0, 0.05) is 24.5 Å². The van der Waals surface area contributed by atoms with E-state index in [9.17, 15) is 18.0 Å². The predicted molar refractivity (Wildman–Crippen MR) is 164 cm³/mol. The molecule has 0 saturated heterocycles. The fraction of sp³-hybridized carbons (Fsp3) is 0.355. The summed E-state index contributed by atoms with van der Waals surface area (Å²) in [6, 6.07) is 20.6. The molecule has 3 aromatic rings. The Bertz CT molecular complexity index is 1450. The van der Waals surface area contributed by atoms with Crippen molar-refractivity contribution in [2.45, 2.75) is 39.8 Å². The maximum atomic E-state index is 14.2. The number of nitrogens with zero attached hydrogens (tertiary/aromatic N) is 2. The number of hydrogen-bond acceptors (Lipinski definition) is 5. The molecule has 8 nitrogen and oxygen atoms in total. The number of carbonyl (C=O) groups excluding carboxylic acids is 2. The van der Waals surface area contributed by atoms with Crippen LogP contribution in [0.5, 0.6) is 5.75 Å². The first-order valence-corrected chi connectivity index (χ1v) is 15.6. The lowest BCUT2D eigenvalue weighted by molar-refractivity contribution is -0.140. The van der Waals surface area contributed by atoms with Gasteiger partial charge in [-0.05, 0) is 53.8 Å². The van der Waals surface area contributed by atoms with E-state index >= 15 is 0 Å². The molecule has 0 saturated carbocycles. The van der Waals surface area contributed by atoms with E-state index in [0.717, 1.165) is 21.7 Å². The lowest BCUT2D eigenvalue weighted by atomic mass is 10.0. The van der Waals surface area contributed by atoms with Crippen LogP contribution in [0.15, 0.2) is 72.8 Å². The lowest BCUT2D eigenvalue weighted by Gasteiger charge is -2.34. The van der Waals surface area contributed by atoms with Crippen LogP contribution in [0.4, 0.5) is 5.69 Å². The molecule has 3 aromatic carbocycles. The fourth-order valence-electron chi connectivity index (χ4n) is 4.39. The molecule has 0 aliphatic heterocycles. The van der Waals surface area contributed by atoms with Crippen molar-refractivity contribution in [2.75, 3.05) is 30.8 Å². The molecule has 0 unspecified atom stereocenters. The van der Waals surface area contributed by atoms with E-state index < -0.39 is 28.5 Å². The summed E-state index contributed by atoms with van der Waals surface area (Å²) in [7, 11) is -2.34. The van der Waals surface area contributed by atoms with Crippen molar-refractivity contribution in [1.29, 1.82) is 0 Å². The Hall–Kier alpha value is -3.56. The SMILES string of the molecule is COc1cccc(CN(C(=O)CN(c2cc(Cl)ccc2C)S(C)(=O)=O)[C@@H](Cc2ccccc2)C(=O)NCC(C)C)c1. The van der Waals surface area contributed by atoms with E-state index in [0.29, 0.717) is 28.6 Å². The van der Waals surface area contributed by atoms with Gasteiger partial charge in [-0.3, -0.25) is 13.9 Å². The zero-order valence-electron chi connectivity index (χ0n) is 24.1. The topological polar surface area (TPSA) is 96.0 Å². The van der Waals surface area contributed by atoms with Crippen molar-refractivity contribution in [3.05, 3.63) is 94.5 Å². The van der Waals surface area contributed by atoms with Gasteiger partial charge in [0.2, 0.25) is 21.8 Å². The Morgan fingerprint density at radius 3 is 2.29 bits per heavy atom. The summed E-state index contributed by atoms with van der Waals surface area (Å²) in [6.07, 6.45) is 1.29. The predicted octanol–water partition coefficient (Wildman–Crippen LogP) is 4.84. The zero-order valence-corrected chi connectivity index (χ0v) is 25.7. The standard InChI is InChI=1S/C31H38ClN3O5S/c1-22(2)19-33-31(37)29(17-24-10-7-6-8-11-24)34(20-25-12-9-13-27(16-25)40-4)30(36)21-35(41(5,38)39)28-18-26(32)15-14-23(28)3/h6-16,18,22,29H,17,19-21H2,1-5H3,(H,33,37)/t29-/m0/s1. The van der Waals surface area contributed by atoms with Crippen LogP contribution in [0, 0.1) is 12.8 Å². The van der Waals surface area contributed by atoms with Crippen LogP contribution in [-0.2, 0) is 32.6 Å². The van der Waals surface area contributed by atoms with Crippen LogP contribution in [-0.4, -0.2) is 57.6 Å². The average molecular weight is 600 g/mol. The van der Waals surface area contributed by atoms with Crippen LogP contribution in [0.1, 0.15) is 30.5 Å². The molecule has 0 bridgehead atoms. The Morgan fingerprint density at radius 1 is 0.976 bits per heavy atom. The highest BCUT2D eigenvalue weighted by Crippen LogP contribution is 2.27. The maximum absolute atomic E-state index is 14.2. The van der Waals surface area contributed by atoms with Gasteiger partial charge < -0.3 is 15.0 Å². The number of halogens is 1. The molecular formula is C31H38ClN3O5S. The summed E-state index contributed by atoms with van der Waals surface area (Å²) >= 11 is 6.21. The van der Waals surface area contributed by atoms with E-state index in [-0.39, 0.29) is 24.8 Å². The second-order valence-corrected chi connectivity index (χ2v) is 12.8. The first kappa shape index (κ1) is 32.0. The minimum Gasteiger partial charge on any atom is -0.497 e. The number of nitrogens with one attached hydrogen (secondary N) is 1. The van der Waals surface area contributed by atoms with Crippen molar-refractivity contribution in [2.24, 2.45) is 5.92 Å². The molecule has 41 heavy (non-hydrogen) atoms. The number of rotatable bonds is 13. The molecule has 220 valence electrons. The van der Waals surface area contributed by atoms with Gasteiger partial charge in [0.1, 0.15) is 18.3 Å². The number of amides is 2. The molecule has 0 radical (unpaired) electrons. The van der Waals surface area contributed by atoms with Gasteiger partial charge in [-0.25, -0.2) is 8.42 Å². The Morgan fingerprint density at radius 2 is 1.66 bits per heavy atom. The first-order valence-electron chi connectivity index (χ1n) is 13.4. The van der Waals surface area contributed by atoms with Gasteiger partial charge in [0.05, 0.1) is 19.1 Å². The van der Waals surface area contributed by atoms with E-state index in [2.05, 4.69) is 5.32 Å². The summed E-state index contributed by atoms with van der Waals surface area (Å²) in [5, 5.41) is 3.31. The van der Waals surface area contributed by atoms with Crippen LogP contribution in [0.3, 0.4) is 0 Å². The molecule has 0 spiro atoms. The minimum atomic E-state index is -3.89. The van der Waals surface area contributed by atoms with E-state index in [1.165, 1.54) is 11.0 Å². The molecule has 1 atom stereocenters. The number of carbonyl (C=O) groups is 2. The monoisotopic (exact) mass is 599 g/mol. The first-order chi connectivity index (χ1) is 19.4. The van der Waals surface area contributed by atoms with Crippen LogP contribution < -0.4 is 14.4 Å². The molecule has 10 heteroatoms. The summed E-state index contributed by atoms with van der Waals surface area (Å²) in [6.45, 7) is 5.72. The number of sulfonamides is 1. The molecule has 0 aromatic heterocycles. The highest BCUT2D eigenvalue weighted by atomic mass is 35.5. The van der Waals surface area contributed by atoms with E-state index in [1.54, 1.807) is 44.4 Å². The lowest BCUT2D eigenvalue weighted by Crippen LogP contribution is -2.53. The molecular weight excluding hydrogens is 562 g/mol. The summed E-state index contributed by atoms with van der Waals surface area (Å²) in [5.41, 5.74) is 2.55. The smallest absolute Gasteiger partial charge is 0.244 e. The highest BCUT2D eigenvalue weighted by molar-refractivity contribution is 7.92. The Balaban J connectivity index is 2.09. The van der Waals surface area contributed by atoms with Gasteiger partial charge >= 0.3 is 0 Å². The van der Waals surface area contributed by atoms with Crippen molar-refractivity contribution in [3.8, 4) is 5.75 Å². The number of ether oxygens (including phenoxy) is 1. The highest BCUT2D eigenvalue weighted by Gasteiger charge is 2.33. The third-order valence-electron chi connectivity index (χ3n) is 6.56. The Kier molecular flexibility index (Phi) is 11.2. The molecule has 1 N–H and O–H groups in total. The van der Waals surface area contributed by atoms with Crippen molar-refractivity contribution in [1.82, 2.24) is 10.2 Å². The summed E-state index contributed by atoms with van der Waals surface area (Å²) < 4.78 is 32.4. The normalized spacial score (nSPS) is 12.1. The van der Waals surface area contributed by atoms with Crippen molar-refractivity contribution in [3.63, 3.8) is 0 Å². The van der Waals surface area contributed by atoms with Gasteiger partial charge in [0.15, 0.2) is 0 Å². The second kappa shape index (κ2) is 14.4. The largest absolute Gasteiger partial charge is 0.497 e. The third-order valence-corrected chi connectivity index (χ3v) is 7.92. The van der Waals surface area contributed by atoms with Gasteiger partial charge in [-0.1, -0.05) is 74.0 Å². The molecule has 0 fully saturated rings. The zero-order chi connectivity index (χ0) is 30.2. The maximum Gasteiger partial charge on any atom is 0.244 e. The van der Waals surface area contributed by atoms with Crippen LogP contribution in [0.2, 0.25) is 5.02 Å². The molecule has 0 aliphatic rings. The van der Waals surface area contributed by atoms with Gasteiger partial charge in [0.25, 0.3) is 0 Å². The second-order valence-electron chi connectivity index (χ2n) is 10.4. The number of benzene rings is 3. The van der Waals surface area contributed by atoms with Gasteiger partial charge in [-0.2, -0.15) is 0 Å². The number of hydrogen-bond donors (Lipinski definition) is 1. The summed E-state index contributed by atoms with van der Waals surface area (Å²) in [4.78, 5) is 29.3. The van der Waals surface area contributed by atoms with Crippen LogP contribution in [0.25, 0.3) is 0 Å². The average Bonchev–Trinajstić information content (AvgIpc) is 2.93. The number of methoxy groups -OCH3 is 1. The number of aryl methyl sites for hydroxylation is 1. The minimum absolute atomic E-state index is 0.0642. The molecule has 2 amide bonds. The van der Waals surface area contributed by atoms with E-state index in [4.69, 9.17) is 16.3 Å². The van der Waals surface area contributed by atoms with Crippen molar-refractivity contribution >= 4 is 39.1 Å². The van der Waals surface area contributed by atoms with E-state index in [1.807, 2.05) is 50.2 Å². The molecule has 3 rings (SSSR count). The third kappa shape index (κ3) is 9.23. The molecule has 0 aliphatic carbocycles. The quantitative estimate of drug-likeness (QED) is 0.303. The molecule has 0 heterocycles. The van der Waals surface area contributed by atoms with Crippen LogP contribution >= 0.6 is 11.6 Å². The Labute approximate surface area is 248 Å². The summed E-state index contributed by atoms with van der Waals surface area (Å²) in [5.74, 6) is -0.0432. The van der Waals surface area contributed by atoms with Crippen molar-refractivity contribution < 1.29 is 22.7 Å². The number of anilines is 1. The van der Waals surface area contributed by atoms with Gasteiger partial charge in [-0.15, -0.1) is 0 Å².